The zero-order valence-electron chi connectivity index (χ0n) is 15.5. The van der Waals surface area contributed by atoms with E-state index in [1.165, 1.54) is 24.3 Å². The third-order valence-electron chi connectivity index (χ3n) is 4.30. The smallest absolute Gasteiger partial charge is 0.359 e. The number of hydrogen-bond acceptors (Lipinski definition) is 8. The number of nitro benzene ring substituents is 1. The van der Waals surface area contributed by atoms with E-state index in [2.05, 4.69) is 15.2 Å². The number of aryl methyl sites for hydroxylation is 1. The Balaban J connectivity index is 1.49. The van der Waals surface area contributed by atoms with Crippen LogP contribution in [0.3, 0.4) is 0 Å². The number of esters is 1. The monoisotopic (exact) mass is 393 g/mol. The first-order chi connectivity index (χ1) is 13.9. The summed E-state index contributed by atoms with van der Waals surface area (Å²) in [5.74, 6) is -0.344. The van der Waals surface area contributed by atoms with Crippen LogP contribution in [0.4, 0.5) is 5.69 Å². The van der Waals surface area contributed by atoms with Gasteiger partial charge in [0, 0.05) is 29.6 Å². The van der Waals surface area contributed by atoms with E-state index in [-0.39, 0.29) is 23.2 Å². The number of carbonyl (C=O) groups is 1. The molecule has 0 amide bonds. The van der Waals surface area contributed by atoms with Crippen molar-refractivity contribution in [2.24, 2.45) is 0 Å². The van der Waals surface area contributed by atoms with Crippen LogP contribution in [-0.2, 0) is 4.74 Å². The van der Waals surface area contributed by atoms with Crippen molar-refractivity contribution in [2.75, 3.05) is 0 Å². The predicted octanol–water partition coefficient (Wildman–Crippen LogP) is 3.52. The van der Waals surface area contributed by atoms with Crippen molar-refractivity contribution in [3.05, 3.63) is 76.1 Å². The number of ether oxygens (including phenoxy) is 1. The molecule has 29 heavy (non-hydrogen) atoms. The van der Waals surface area contributed by atoms with Crippen LogP contribution < -0.4 is 0 Å². The van der Waals surface area contributed by atoms with E-state index >= 15 is 0 Å². The molecule has 4 rings (SSSR count). The Bertz CT molecular complexity index is 1210. The van der Waals surface area contributed by atoms with Gasteiger partial charge in [-0.05, 0) is 38.1 Å². The van der Waals surface area contributed by atoms with Crippen molar-refractivity contribution < 1.29 is 18.9 Å². The lowest BCUT2D eigenvalue weighted by Gasteiger charge is -2.07. The summed E-state index contributed by atoms with van der Waals surface area (Å²) in [6.07, 6.45) is 0.809. The maximum absolute atomic E-state index is 12.4. The highest BCUT2D eigenvalue weighted by molar-refractivity contribution is 5.88. The number of non-ortho nitro benzene ring substituents is 1. The molecule has 0 N–H and O–H groups in total. The maximum atomic E-state index is 12.4. The number of nitro groups is 1. The lowest BCUT2D eigenvalue weighted by atomic mass is 10.2. The Morgan fingerprint density at radius 3 is 2.66 bits per heavy atom. The van der Waals surface area contributed by atoms with Crippen LogP contribution in [-0.4, -0.2) is 30.5 Å². The molecular weight excluding hydrogens is 378 g/mol. The molecular formula is C19H15N5O5. The van der Waals surface area contributed by atoms with E-state index in [0.29, 0.717) is 11.2 Å². The molecule has 3 heterocycles. The number of pyridine rings is 1. The van der Waals surface area contributed by atoms with Gasteiger partial charge in [0.05, 0.1) is 4.92 Å². The van der Waals surface area contributed by atoms with Crippen molar-refractivity contribution in [2.45, 2.75) is 20.0 Å². The fourth-order valence-electron chi connectivity index (χ4n) is 2.76. The standard InChI is InChI=1S/C19H15N5O5/c1-11-4-3-5-16-20-15(10-23(11)16)19(25)28-12(2)17-21-22-18(29-17)13-6-8-14(9-7-13)24(26)27/h3-10,12H,1-2H3/t12-/m1/s1. The normalized spacial score (nSPS) is 12.1. The fraction of sp³-hybridized carbons (Fsp3) is 0.158. The van der Waals surface area contributed by atoms with E-state index in [4.69, 9.17) is 9.15 Å². The van der Waals surface area contributed by atoms with Gasteiger partial charge in [-0.15, -0.1) is 10.2 Å². The lowest BCUT2D eigenvalue weighted by Crippen LogP contribution is -2.10. The van der Waals surface area contributed by atoms with Gasteiger partial charge in [0.1, 0.15) is 5.65 Å². The third-order valence-corrected chi connectivity index (χ3v) is 4.30. The minimum absolute atomic E-state index is 0.0431. The molecule has 0 bridgehead atoms. The van der Waals surface area contributed by atoms with Crippen LogP contribution in [0.15, 0.2) is 53.1 Å². The maximum Gasteiger partial charge on any atom is 0.359 e. The SMILES string of the molecule is Cc1cccc2nc(C(=O)O[C@H](C)c3nnc(-c4ccc([N+](=O)[O-])cc4)o3)cn12. The quantitative estimate of drug-likeness (QED) is 0.286. The highest BCUT2D eigenvalue weighted by Crippen LogP contribution is 2.25. The summed E-state index contributed by atoms with van der Waals surface area (Å²) in [5, 5.41) is 18.5. The van der Waals surface area contributed by atoms with Crippen LogP contribution in [0.1, 0.15) is 35.1 Å². The molecule has 0 aliphatic rings. The second-order valence-electron chi connectivity index (χ2n) is 6.32. The van der Waals surface area contributed by atoms with Crippen LogP contribution >= 0.6 is 0 Å². The molecule has 1 atom stereocenters. The summed E-state index contributed by atoms with van der Waals surface area (Å²) in [7, 11) is 0. The van der Waals surface area contributed by atoms with Crippen molar-refractivity contribution in [3.63, 3.8) is 0 Å². The largest absolute Gasteiger partial charge is 0.448 e. The third kappa shape index (κ3) is 3.55. The molecule has 4 aromatic rings. The molecule has 0 spiro atoms. The van der Waals surface area contributed by atoms with Crippen molar-refractivity contribution in [3.8, 4) is 11.5 Å². The molecule has 0 aliphatic heterocycles. The molecule has 0 saturated carbocycles. The summed E-state index contributed by atoms with van der Waals surface area (Å²) >= 11 is 0. The summed E-state index contributed by atoms with van der Waals surface area (Å²) < 4.78 is 12.7. The summed E-state index contributed by atoms with van der Waals surface area (Å²) in [6.45, 7) is 3.51. The number of benzene rings is 1. The fourth-order valence-corrected chi connectivity index (χ4v) is 2.76. The topological polar surface area (TPSA) is 126 Å². The van der Waals surface area contributed by atoms with E-state index in [9.17, 15) is 14.9 Å². The van der Waals surface area contributed by atoms with Crippen LogP contribution in [0.25, 0.3) is 17.1 Å². The zero-order chi connectivity index (χ0) is 20.5. The Labute approximate surface area is 163 Å². The Morgan fingerprint density at radius 1 is 1.21 bits per heavy atom. The summed E-state index contributed by atoms with van der Waals surface area (Å²) in [6, 6.07) is 11.2. The molecule has 3 aromatic heterocycles. The first kappa shape index (κ1) is 18.3. The highest BCUT2D eigenvalue weighted by Gasteiger charge is 2.22. The number of imidazole rings is 1. The van der Waals surface area contributed by atoms with Gasteiger partial charge < -0.3 is 13.6 Å². The number of fused-ring (bicyclic) bond motifs is 1. The van der Waals surface area contributed by atoms with E-state index < -0.39 is 17.0 Å². The molecule has 146 valence electrons. The van der Waals surface area contributed by atoms with Gasteiger partial charge in [-0.1, -0.05) is 6.07 Å². The first-order valence-electron chi connectivity index (χ1n) is 8.66. The minimum Gasteiger partial charge on any atom is -0.448 e. The molecule has 0 radical (unpaired) electrons. The second kappa shape index (κ2) is 7.15. The van der Waals surface area contributed by atoms with E-state index in [1.807, 2.05) is 19.1 Å². The number of carbonyl (C=O) groups excluding carboxylic acids is 1. The van der Waals surface area contributed by atoms with Crippen LogP contribution in [0.5, 0.6) is 0 Å². The van der Waals surface area contributed by atoms with Crippen LogP contribution in [0.2, 0.25) is 0 Å². The molecule has 0 aliphatic carbocycles. The molecule has 10 nitrogen and oxygen atoms in total. The number of hydrogen-bond donors (Lipinski definition) is 0. The van der Waals surface area contributed by atoms with Gasteiger partial charge in [0.2, 0.25) is 5.89 Å². The summed E-state index contributed by atoms with van der Waals surface area (Å²) in [5.41, 5.74) is 2.22. The van der Waals surface area contributed by atoms with Gasteiger partial charge in [0.25, 0.3) is 11.6 Å². The van der Waals surface area contributed by atoms with Crippen molar-refractivity contribution in [1.82, 2.24) is 19.6 Å². The summed E-state index contributed by atoms with van der Waals surface area (Å²) in [4.78, 5) is 26.9. The molecule has 0 unspecified atom stereocenters. The average molecular weight is 393 g/mol. The number of rotatable bonds is 5. The Hall–Kier alpha value is -4.08. The van der Waals surface area contributed by atoms with Gasteiger partial charge >= 0.3 is 5.97 Å². The van der Waals surface area contributed by atoms with Gasteiger partial charge in [-0.2, -0.15) is 0 Å². The molecule has 0 fully saturated rings. The van der Waals surface area contributed by atoms with Crippen molar-refractivity contribution >= 4 is 17.3 Å². The lowest BCUT2D eigenvalue weighted by molar-refractivity contribution is -0.384. The first-order valence-corrected chi connectivity index (χ1v) is 8.66. The van der Waals surface area contributed by atoms with Crippen molar-refractivity contribution in [1.29, 1.82) is 0 Å². The molecule has 10 heteroatoms. The van der Waals surface area contributed by atoms with Gasteiger partial charge in [-0.25, -0.2) is 9.78 Å². The van der Waals surface area contributed by atoms with E-state index in [0.717, 1.165) is 5.69 Å². The number of aromatic nitrogens is 4. The number of nitrogens with zero attached hydrogens (tertiary/aromatic N) is 5. The Kier molecular flexibility index (Phi) is 4.51. The average Bonchev–Trinajstić information content (AvgIpc) is 3.36. The minimum atomic E-state index is -0.798. The van der Waals surface area contributed by atoms with E-state index in [1.54, 1.807) is 23.6 Å². The van der Waals surface area contributed by atoms with Crippen LogP contribution in [0, 0.1) is 17.0 Å². The van der Waals surface area contributed by atoms with Gasteiger partial charge in [0.15, 0.2) is 11.8 Å². The zero-order valence-corrected chi connectivity index (χ0v) is 15.5. The Morgan fingerprint density at radius 2 is 1.97 bits per heavy atom. The highest BCUT2D eigenvalue weighted by atomic mass is 16.6. The molecule has 0 saturated heterocycles. The predicted molar refractivity (Wildman–Crippen MR) is 100 cm³/mol. The molecule has 1 aromatic carbocycles. The second-order valence-corrected chi connectivity index (χ2v) is 6.32. The van der Waals surface area contributed by atoms with Gasteiger partial charge in [-0.3, -0.25) is 10.1 Å².